The van der Waals surface area contributed by atoms with Crippen LogP contribution in [-0.4, -0.2) is 48.6 Å². The largest absolute Gasteiger partial charge is 0.507 e. The van der Waals surface area contributed by atoms with E-state index in [0.29, 0.717) is 30.9 Å². The third-order valence-corrected chi connectivity index (χ3v) is 5.60. The van der Waals surface area contributed by atoms with Gasteiger partial charge in [0.1, 0.15) is 17.3 Å². The van der Waals surface area contributed by atoms with Gasteiger partial charge >= 0.3 is 0 Å². The van der Waals surface area contributed by atoms with E-state index in [1.165, 1.54) is 29.2 Å². The Bertz CT molecular complexity index is 1000. The topological polar surface area (TPSA) is 76.1 Å². The lowest BCUT2D eigenvalue weighted by atomic mass is 9.95. The van der Waals surface area contributed by atoms with Crippen LogP contribution in [-0.2, 0) is 14.3 Å². The van der Waals surface area contributed by atoms with Crippen molar-refractivity contribution in [1.29, 1.82) is 0 Å². The molecule has 0 radical (unpaired) electrons. The number of carbonyl (C=O) groups excluding carboxylic acids is 2. The number of nitrogens with zero attached hydrogens (tertiary/aromatic N) is 1. The number of benzene rings is 2. The van der Waals surface area contributed by atoms with Crippen LogP contribution in [0.2, 0.25) is 0 Å². The fourth-order valence-corrected chi connectivity index (χ4v) is 3.92. The number of Topliss-reactive ketones (excluding diaryl/α,β-unsaturated/α-hetero) is 1. The van der Waals surface area contributed by atoms with Crippen LogP contribution in [0.4, 0.5) is 4.39 Å². The highest BCUT2D eigenvalue weighted by atomic mass is 19.1. The summed E-state index contributed by atoms with van der Waals surface area (Å²) in [5.41, 5.74) is 0.902. The zero-order valence-electron chi connectivity index (χ0n) is 19.1. The number of rotatable bonds is 11. The van der Waals surface area contributed by atoms with Crippen LogP contribution in [0.5, 0.6) is 5.75 Å². The van der Waals surface area contributed by atoms with Crippen molar-refractivity contribution in [1.82, 2.24) is 4.90 Å². The van der Waals surface area contributed by atoms with Crippen molar-refractivity contribution in [2.75, 3.05) is 26.9 Å². The van der Waals surface area contributed by atoms with Crippen molar-refractivity contribution < 1.29 is 28.6 Å². The van der Waals surface area contributed by atoms with Crippen LogP contribution in [0.1, 0.15) is 49.8 Å². The molecule has 1 N–H and O–H groups in total. The predicted molar refractivity (Wildman–Crippen MR) is 123 cm³/mol. The molecule has 0 bridgehead atoms. The number of hydrogen-bond donors (Lipinski definition) is 1. The lowest BCUT2D eigenvalue weighted by molar-refractivity contribution is -0.140. The molecule has 1 heterocycles. The van der Waals surface area contributed by atoms with Gasteiger partial charge < -0.3 is 19.5 Å². The second-order valence-electron chi connectivity index (χ2n) is 7.97. The van der Waals surface area contributed by atoms with Gasteiger partial charge in [-0.3, -0.25) is 9.59 Å². The second kappa shape index (κ2) is 11.6. The van der Waals surface area contributed by atoms with E-state index in [2.05, 4.69) is 6.92 Å². The average molecular weight is 456 g/mol. The molecule has 1 unspecified atom stereocenters. The molecular weight excluding hydrogens is 425 g/mol. The zero-order chi connectivity index (χ0) is 23.8. The fourth-order valence-electron chi connectivity index (χ4n) is 3.92. The molecule has 0 saturated carbocycles. The van der Waals surface area contributed by atoms with Crippen LogP contribution in [0.15, 0.2) is 54.1 Å². The molecule has 7 heteroatoms. The first-order valence-corrected chi connectivity index (χ1v) is 11.2. The Morgan fingerprint density at radius 2 is 1.82 bits per heavy atom. The summed E-state index contributed by atoms with van der Waals surface area (Å²) in [5.74, 6) is -1.62. The first-order chi connectivity index (χ1) is 16.0. The minimum Gasteiger partial charge on any atom is -0.507 e. The fraction of sp³-hybridized carbons (Fsp3) is 0.385. The quantitative estimate of drug-likeness (QED) is 0.227. The van der Waals surface area contributed by atoms with E-state index in [0.717, 1.165) is 19.3 Å². The molecule has 1 saturated heterocycles. The third kappa shape index (κ3) is 5.79. The van der Waals surface area contributed by atoms with Gasteiger partial charge in [0, 0.05) is 25.8 Å². The molecular formula is C26H30FNO5. The SMILES string of the molecule is CCCCCOc1cccc(C2C(=C(O)c3ccc(F)cc3)C(=O)C(=O)N2CCCOC)c1. The Hall–Kier alpha value is -3.19. The summed E-state index contributed by atoms with van der Waals surface area (Å²) in [4.78, 5) is 27.4. The van der Waals surface area contributed by atoms with Gasteiger partial charge in [-0.1, -0.05) is 31.9 Å². The van der Waals surface area contributed by atoms with Crippen LogP contribution < -0.4 is 4.74 Å². The predicted octanol–water partition coefficient (Wildman–Crippen LogP) is 4.85. The van der Waals surface area contributed by atoms with Crippen LogP contribution in [0.3, 0.4) is 0 Å². The summed E-state index contributed by atoms with van der Waals surface area (Å²) in [7, 11) is 1.57. The zero-order valence-corrected chi connectivity index (χ0v) is 19.1. The molecule has 0 aromatic heterocycles. The third-order valence-electron chi connectivity index (χ3n) is 5.60. The van der Waals surface area contributed by atoms with E-state index in [4.69, 9.17) is 9.47 Å². The molecule has 0 aliphatic carbocycles. The molecule has 6 nitrogen and oxygen atoms in total. The number of amides is 1. The van der Waals surface area contributed by atoms with E-state index < -0.39 is 23.5 Å². The van der Waals surface area contributed by atoms with E-state index >= 15 is 0 Å². The number of likely N-dealkylation sites (tertiary alicyclic amines) is 1. The van der Waals surface area contributed by atoms with E-state index in [1.54, 1.807) is 25.3 Å². The number of carbonyl (C=O) groups is 2. The summed E-state index contributed by atoms with van der Waals surface area (Å²) in [6, 6.07) is 11.6. The van der Waals surface area contributed by atoms with E-state index in [1.807, 2.05) is 6.07 Å². The number of hydrogen-bond acceptors (Lipinski definition) is 5. The van der Waals surface area contributed by atoms with Gasteiger partial charge in [-0.15, -0.1) is 0 Å². The summed E-state index contributed by atoms with van der Waals surface area (Å²) < 4.78 is 24.3. The summed E-state index contributed by atoms with van der Waals surface area (Å²) >= 11 is 0. The second-order valence-corrected chi connectivity index (χ2v) is 7.97. The minimum atomic E-state index is -0.786. The van der Waals surface area contributed by atoms with E-state index in [9.17, 15) is 19.1 Å². The van der Waals surface area contributed by atoms with Crippen LogP contribution in [0, 0.1) is 5.82 Å². The summed E-state index contributed by atoms with van der Waals surface area (Å²) in [6.07, 6.45) is 3.62. The molecule has 0 spiro atoms. The average Bonchev–Trinajstić information content (AvgIpc) is 3.07. The standard InChI is InChI=1S/C26H30FNO5/c1-3-4-5-16-33-21-9-6-8-19(17-21)23-22(24(29)18-10-12-20(27)13-11-18)25(30)26(31)28(23)14-7-15-32-2/h6,8-13,17,23,29H,3-5,7,14-16H2,1-2H3. The van der Waals surface area contributed by atoms with Crippen LogP contribution >= 0.6 is 0 Å². The molecule has 2 aromatic rings. The number of methoxy groups -OCH3 is 1. The van der Waals surface area contributed by atoms with Crippen molar-refractivity contribution >= 4 is 17.4 Å². The van der Waals surface area contributed by atoms with Gasteiger partial charge in [0.25, 0.3) is 11.7 Å². The summed E-state index contributed by atoms with van der Waals surface area (Å²) in [6.45, 7) is 3.40. The minimum absolute atomic E-state index is 0.0212. The normalized spacial score (nSPS) is 17.5. The van der Waals surface area contributed by atoms with E-state index in [-0.39, 0.29) is 23.4 Å². The number of aliphatic hydroxyl groups excluding tert-OH is 1. The number of unbranched alkanes of at least 4 members (excludes halogenated alkanes) is 2. The van der Waals surface area contributed by atoms with Gasteiger partial charge in [0.05, 0.1) is 18.2 Å². The van der Waals surface area contributed by atoms with Gasteiger partial charge in [0.2, 0.25) is 0 Å². The molecule has 33 heavy (non-hydrogen) atoms. The molecule has 3 rings (SSSR count). The molecule has 2 aromatic carbocycles. The molecule has 1 aliphatic rings. The Balaban J connectivity index is 2.01. The Morgan fingerprint density at radius 3 is 2.52 bits per heavy atom. The Kier molecular flexibility index (Phi) is 8.60. The maximum absolute atomic E-state index is 13.4. The Morgan fingerprint density at radius 1 is 1.06 bits per heavy atom. The number of aliphatic hydroxyl groups is 1. The molecule has 176 valence electrons. The Labute approximate surface area is 193 Å². The molecule has 1 amide bonds. The monoisotopic (exact) mass is 455 g/mol. The first kappa shape index (κ1) is 24.5. The number of ketones is 1. The van der Waals surface area contributed by atoms with Gasteiger partial charge in [-0.25, -0.2) is 4.39 Å². The smallest absolute Gasteiger partial charge is 0.295 e. The van der Waals surface area contributed by atoms with Crippen molar-refractivity contribution in [3.05, 3.63) is 71.0 Å². The first-order valence-electron chi connectivity index (χ1n) is 11.2. The molecule has 1 fully saturated rings. The van der Waals surface area contributed by atoms with Gasteiger partial charge in [-0.2, -0.15) is 0 Å². The number of ether oxygens (including phenoxy) is 2. The maximum Gasteiger partial charge on any atom is 0.295 e. The van der Waals surface area contributed by atoms with Gasteiger partial charge in [0.15, 0.2) is 0 Å². The van der Waals surface area contributed by atoms with Crippen molar-refractivity contribution in [3.8, 4) is 5.75 Å². The highest BCUT2D eigenvalue weighted by molar-refractivity contribution is 6.46. The highest BCUT2D eigenvalue weighted by Gasteiger charge is 2.45. The lowest BCUT2D eigenvalue weighted by Gasteiger charge is -2.25. The van der Waals surface area contributed by atoms with Crippen molar-refractivity contribution in [2.45, 2.75) is 38.6 Å². The van der Waals surface area contributed by atoms with Crippen molar-refractivity contribution in [3.63, 3.8) is 0 Å². The number of halogens is 1. The molecule has 1 atom stereocenters. The maximum atomic E-state index is 13.4. The van der Waals surface area contributed by atoms with Gasteiger partial charge in [-0.05, 0) is 54.8 Å². The molecule has 1 aliphatic heterocycles. The van der Waals surface area contributed by atoms with Crippen LogP contribution in [0.25, 0.3) is 5.76 Å². The lowest BCUT2D eigenvalue weighted by Crippen LogP contribution is -2.31. The highest BCUT2D eigenvalue weighted by Crippen LogP contribution is 2.40. The van der Waals surface area contributed by atoms with Crippen molar-refractivity contribution in [2.24, 2.45) is 0 Å². The summed E-state index contributed by atoms with van der Waals surface area (Å²) in [5, 5.41) is 11.0.